The maximum Gasteiger partial charge on any atom is 0.0853 e. The van der Waals surface area contributed by atoms with Gasteiger partial charge in [-0.05, 0) is 33.5 Å². The molecule has 0 amide bonds. The van der Waals surface area contributed by atoms with Crippen molar-refractivity contribution in [2.24, 2.45) is 0 Å². The van der Waals surface area contributed by atoms with Gasteiger partial charge >= 0.3 is 0 Å². The van der Waals surface area contributed by atoms with Crippen LogP contribution in [0.25, 0.3) is 27.1 Å². The molecular weight excluding hydrogens is 286 g/mol. The zero-order valence-electron chi connectivity index (χ0n) is 11.9. The van der Waals surface area contributed by atoms with Gasteiger partial charge in [0.2, 0.25) is 0 Å². The Morgan fingerprint density at radius 1 is 0.864 bits per heavy atom. The van der Waals surface area contributed by atoms with E-state index in [1.54, 1.807) is 11.3 Å². The number of aromatic nitrogens is 1. The summed E-state index contributed by atoms with van der Waals surface area (Å²) in [5.41, 5.74) is 7.08. The van der Waals surface area contributed by atoms with Crippen molar-refractivity contribution in [1.29, 1.82) is 0 Å². The van der Waals surface area contributed by atoms with Crippen LogP contribution in [-0.4, -0.2) is 4.98 Å². The molecule has 1 heterocycles. The molecule has 4 aromatic rings. The van der Waals surface area contributed by atoms with E-state index in [-0.39, 0.29) is 5.92 Å². The van der Waals surface area contributed by atoms with Gasteiger partial charge in [-0.1, -0.05) is 60.7 Å². The van der Waals surface area contributed by atoms with Crippen LogP contribution in [0.4, 0.5) is 0 Å². The van der Waals surface area contributed by atoms with E-state index in [9.17, 15) is 0 Å². The van der Waals surface area contributed by atoms with Crippen LogP contribution in [0.5, 0.6) is 0 Å². The number of benzene rings is 3. The van der Waals surface area contributed by atoms with Gasteiger partial charge in [0.25, 0.3) is 0 Å². The molecule has 22 heavy (non-hydrogen) atoms. The first-order chi connectivity index (χ1) is 10.9. The maximum atomic E-state index is 4.60. The Kier molecular flexibility index (Phi) is 2.49. The highest BCUT2D eigenvalue weighted by Crippen LogP contribution is 2.40. The van der Waals surface area contributed by atoms with Gasteiger partial charge in [0.15, 0.2) is 0 Å². The van der Waals surface area contributed by atoms with Crippen molar-refractivity contribution in [3.05, 3.63) is 82.9 Å². The summed E-state index contributed by atoms with van der Waals surface area (Å²) in [6.07, 6.45) is 4.57. The van der Waals surface area contributed by atoms with E-state index >= 15 is 0 Å². The fourth-order valence-corrected chi connectivity index (χ4v) is 4.24. The molecule has 1 aromatic heterocycles. The molecule has 5 rings (SSSR count). The monoisotopic (exact) mass is 299 g/mol. The lowest BCUT2D eigenvalue weighted by Gasteiger charge is -2.22. The number of allylic oxidation sites excluding steroid dienone is 1. The third kappa shape index (κ3) is 1.62. The van der Waals surface area contributed by atoms with Gasteiger partial charge in [0.1, 0.15) is 0 Å². The van der Waals surface area contributed by atoms with Crippen LogP contribution in [-0.2, 0) is 0 Å². The molecule has 2 heteroatoms. The normalized spacial score (nSPS) is 16.5. The highest BCUT2D eigenvalue weighted by molar-refractivity contribution is 7.16. The Balaban J connectivity index is 1.83. The Bertz CT molecular complexity index is 1040. The van der Waals surface area contributed by atoms with Gasteiger partial charge in [-0.2, -0.15) is 0 Å². The van der Waals surface area contributed by atoms with Crippen LogP contribution in [0, 0.1) is 0 Å². The fraction of sp³-hybridized carbons (Fsp3) is 0.0500. The fourth-order valence-electron chi connectivity index (χ4n) is 3.53. The van der Waals surface area contributed by atoms with Crippen LogP contribution < -0.4 is 0 Å². The van der Waals surface area contributed by atoms with Crippen molar-refractivity contribution in [3.63, 3.8) is 0 Å². The quantitative estimate of drug-likeness (QED) is 0.445. The Labute approximate surface area is 132 Å². The average Bonchev–Trinajstić information content (AvgIpc) is 3.05. The van der Waals surface area contributed by atoms with Crippen LogP contribution in [0.1, 0.15) is 22.6 Å². The molecule has 0 radical (unpaired) electrons. The van der Waals surface area contributed by atoms with E-state index in [1.807, 2.05) is 5.51 Å². The summed E-state index contributed by atoms with van der Waals surface area (Å²) < 4.78 is 1.26. The minimum atomic E-state index is 0.282. The van der Waals surface area contributed by atoms with Crippen molar-refractivity contribution in [2.45, 2.75) is 5.92 Å². The van der Waals surface area contributed by atoms with Crippen molar-refractivity contribution < 1.29 is 0 Å². The predicted molar refractivity (Wildman–Crippen MR) is 94.4 cm³/mol. The second-order valence-electron chi connectivity index (χ2n) is 5.68. The van der Waals surface area contributed by atoms with E-state index in [0.717, 1.165) is 5.52 Å². The van der Waals surface area contributed by atoms with Crippen LogP contribution in [0.15, 0.2) is 66.2 Å². The third-order valence-corrected chi connectivity index (χ3v) is 5.29. The largest absolute Gasteiger partial charge is 0.244 e. The topological polar surface area (TPSA) is 12.9 Å². The first-order valence-corrected chi connectivity index (χ1v) is 8.32. The second kappa shape index (κ2) is 4.52. The van der Waals surface area contributed by atoms with Gasteiger partial charge in [0, 0.05) is 5.92 Å². The molecule has 3 aromatic carbocycles. The lowest BCUT2D eigenvalue weighted by Crippen LogP contribution is -2.03. The lowest BCUT2D eigenvalue weighted by molar-refractivity contribution is 1.05. The van der Waals surface area contributed by atoms with Crippen LogP contribution in [0.2, 0.25) is 0 Å². The Morgan fingerprint density at radius 3 is 2.64 bits per heavy atom. The second-order valence-corrected chi connectivity index (χ2v) is 6.56. The number of rotatable bonds is 1. The highest BCUT2D eigenvalue weighted by atomic mass is 32.1. The molecule has 1 aliphatic carbocycles. The van der Waals surface area contributed by atoms with Crippen molar-refractivity contribution in [3.8, 4) is 0 Å². The smallest absolute Gasteiger partial charge is 0.0853 e. The van der Waals surface area contributed by atoms with Crippen LogP contribution >= 0.6 is 11.3 Å². The maximum absolute atomic E-state index is 4.60. The molecule has 1 atom stereocenters. The average molecular weight is 299 g/mol. The SMILES string of the molecule is C1=CC(c2cccc3scnc23)c2cccc3cccc1c23. The molecule has 1 unspecified atom stereocenters. The molecule has 0 aliphatic heterocycles. The number of hydrogen-bond acceptors (Lipinski definition) is 2. The summed E-state index contributed by atoms with van der Waals surface area (Å²) >= 11 is 1.71. The first kappa shape index (κ1) is 12.1. The van der Waals surface area contributed by atoms with E-state index < -0.39 is 0 Å². The molecule has 1 nitrogen and oxygen atoms in total. The lowest BCUT2D eigenvalue weighted by atomic mass is 9.82. The van der Waals surface area contributed by atoms with E-state index in [2.05, 4.69) is 71.7 Å². The van der Waals surface area contributed by atoms with Crippen molar-refractivity contribution >= 4 is 38.4 Å². The molecule has 0 spiro atoms. The summed E-state index contributed by atoms with van der Waals surface area (Å²) in [5, 5.41) is 2.69. The van der Waals surface area contributed by atoms with Gasteiger partial charge in [-0.3, -0.25) is 0 Å². The van der Waals surface area contributed by atoms with Crippen molar-refractivity contribution in [2.75, 3.05) is 0 Å². The van der Waals surface area contributed by atoms with Gasteiger partial charge < -0.3 is 0 Å². The zero-order valence-corrected chi connectivity index (χ0v) is 12.7. The zero-order chi connectivity index (χ0) is 14.5. The van der Waals surface area contributed by atoms with E-state index in [0.29, 0.717) is 0 Å². The Hall–Kier alpha value is -2.45. The minimum Gasteiger partial charge on any atom is -0.244 e. The molecule has 0 bridgehead atoms. The molecular formula is C20H13NS. The summed E-state index contributed by atoms with van der Waals surface area (Å²) in [4.78, 5) is 4.60. The number of fused-ring (bicyclic) bond motifs is 1. The summed E-state index contributed by atoms with van der Waals surface area (Å²) in [6, 6.07) is 19.6. The molecule has 1 aliphatic rings. The standard InChI is InChI=1S/C20H13NS/c1-4-13-6-2-7-16-15(11-10-14(5-1)19(13)16)17-8-3-9-18-20(17)21-12-22-18/h1-12,15H. The molecule has 0 fully saturated rings. The van der Waals surface area contributed by atoms with Gasteiger partial charge in [-0.15, -0.1) is 11.3 Å². The Morgan fingerprint density at radius 2 is 1.68 bits per heavy atom. The third-order valence-electron chi connectivity index (χ3n) is 4.50. The summed E-state index contributed by atoms with van der Waals surface area (Å²) in [5.74, 6) is 0.282. The van der Waals surface area contributed by atoms with Crippen LogP contribution in [0.3, 0.4) is 0 Å². The van der Waals surface area contributed by atoms with E-state index in [4.69, 9.17) is 0 Å². The molecule has 0 N–H and O–H groups in total. The van der Waals surface area contributed by atoms with E-state index in [1.165, 1.54) is 32.2 Å². The predicted octanol–water partition coefficient (Wildman–Crippen LogP) is 5.61. The molecule has 0 saturated carbocycles. The van der Waals surface area contributed by atoms with Crippen molar-refractivity contribution in [1.82, 2.24) is 4.98 Å². The number of hydrogen-bond donors (Lipinski definition) is 0. The number of nitrogens with zero attached hydrogens (tertiary/aromatic N) is 1. The molecule has 104 valence electrons. The molecule has 0 saturated heterocycles. The summed E-state index contributed by atoms with van der Waals surface area (Å²) in [7, 11) is 0. The first-order valence-electron chi connectivity index (χ1n) is 7.44. The minimum absolute atomic E-state index is 0.282. The number of thiazole rings is 1. The van der Waals surface area contributed by atoms with Gasteiger partial charge in [-0.25, -0.2) is 4.98 Å². The summed E-state index contributed by atoms with van der Waals surface area (Å²) in [6.45, 7) is 0. The number of para-hydroxylation sites is 1. The van der Waals surface area contributed by atoms with Gasteiger partial charge in [0.05, 0.1) is 15.7 Å². The highest BCUT2D eigenvalue weighted by Gasteiger charge is 2.21.